The molecule has 0 bridgehead atoms. The van der Waals surface area contributed by atoms with Crippen LogP contribution in [0.4, 0.5) is 11.5 Å². The molecule has 0 aliphatic carbocycles. The Labute approximate surface area is 190 Å². The molecule has 0 aliphatic heterocycles. The summed E-state index contributed by atoms with van der Waals surface area (Å²) in [6.45, 7) is 1.39. The van der Waals surface area contributed by atoms with Gasteiger partial charge in [-0.1, -0.05) is 0 Å². The smallest absolute Gasteiger partial charge is 0.228 e. The summed E-state index contributed by atoms with van der Waals surface area (Å²) >= 11 is 0. The van der Waals surface area contributed by atoms with E-state index in [1.54, 1.807) is 36.4 Å². The Kier molecular flexibility index (Phi) is 7.64. The number of ether oxygens (including phenoxy) is 4. The molecule has 33 heavy (non-hydrogen) atoms. The van der Waals surface area contributed by atoms with Crippen LogP contribution in [0.15, 0.2) is 48.8 Å². The molecule has 2 amide bonds. The predicted molar refractivity (Wildman–Crippen MR) is 121 cm³/mol. The van der Waals surface area contributed by atoms with E-state index in [0.717, 1.165) is 0 Å². The predicted octanol–water partition coefficient (Wildman–Crippen LogP) is 3.43. The van der Waals surface area contributed by atoms with Crippen molar-refractivity contribution in [3.8, 4) is 28.9 Å². The van der Waals surface area contributed by atoms with Crippen molar-refractivity contribution in [3.63, 3.8) is 0 Å². The maximum Gasteiger partial charge on any atom is 0.228 e. The van der Waals surface area contributed by atoms with E-state index in [-0.39, 0.29) is 24.1 Å². The third-order valence-corrected chi connectivity index (χ3v) is 4.40. The van der Waals surface area contributed by atoms with Gasteiger partial charge in [0.15, 0.2) is 11.5 Å². The largest absolute Gasteiger partial charge is 0.493 e. The van der Waals surface area contributed by atoms with Gasteiger partial charge in [0.05, 0.1) is 27.8 Å². The molecule has 0 aliphatic rings. The second-order valence-electron chi connectivity index (χ2n) is 6.81. The fraction of sp³-hybridized carbons (Fsp3) is 0.217. The molecule has 0 fully saturated rings. The summed E-state index contributed by atoms with van der Waals surface area (Å²) in [6, 6.07) is 11.8. The van der Waals surface area contributed by atoms with Gasteiger partial charge in [0.1, 0.15) is 17.9 Å². The topological polar surface area (TPSA) is 121 Å². The quantitative estimate of drug-likeness (QED) is 0.507. The van der Waals surface area contributed by atoms with E-state index in [2.05, 4.69) is 20.6 Å². The Bertz CT molecular complexity index is 1110. The number of benzene rings is 2. The Hall–Kier alpha value is -4.34. The van der Waals surface area contributed by atoms with Crippen LogP contribution < -0.4 is 29.6 Å². The van der Waals surface area contributed by atoms with Gasteiger partial charge >= 0.3 is 0 Å². The fourth-order valence-corrected chi connectivity index (χ4v) is 3.00. The highest BCUT2D eigenvalue weighted by atomic mass is 16.5. The minimum absolute atomic E-state index is 0.113. The highest BCUT2D eigenvalue weighted by Gasteiger charge is 2.15. The third kappa shape index (κ3) is 6.33. The molecule has 3 aromatic rings. The lowest BCUT2D eigenvalue weighted by Gasteiger charge is -2.14. The molecule has 0 atom stereocenters. The summed E-state index contributed by atoms with van der Waals surface area (Å²) in [5.41, 5.74) is 1.31. The molecule has 0 unspecified atom stereocenters. The molecule has 2 aromatic carbocycles. The minimum Gasteiger partial charge on any atom is -0.493 e. The van der Waals surface area contributed by atoms with Crippen LogP contribution in [0.5, 0.6) is 28.9 Å². The first-order chi connectivity index (χ1) is 15.9. The lowest BCUT2D eigenvalue weighted by molar-refractivity contribution is -0.116. The van der Waals surface area contributed by atoms with Gasteiger partial charge in [0.2, 0.25) is 23.4 Å². The van der Waals surface area contributed by atoms with Crippen LogP contribution in [0.2, 0.25) is 0 Å². The molecular weight excluding hydrogens is 428 g/mol. The number of carbonyl (C=O) groups excluding carboxylic acids is 2. The van der Waals surface area contributed by atoms with Crippen LogP contribution in [0, 0.1) is 0 Å². The summed E-state index contributed by atoms with van der Waals surface area (Å²) in [7, 11) is 4.56. The van der Waals surface area contributed by atoms with Gasteiger partial charge in [-0.3, -0.25) is 9.59 Å². The van der Waals surface area contributed by atoms with Crippen molar-refractivity contribution in [3.05, 3.63) is 54.4 Å². The number of methoxy groups -OCH3 is 3. The molecular formula is C23H24N4O6. The van der Waals surface area contributed by atoms with E-state index in [0.29, 0.717) is 40.1 Å². The van der Waals surface area contributed by atoms with Crippen molar-refractivity contribution in [1.82, 2.24) is 9.97 Å². The van der Waals surface area contributed by atoms with E-state index in [1.165, 1.54) is 40.6 Å². The number of rotatable bonds is 9. The lowest BCUT2D eigenvalue weighted by atomic mass is 10.1. The highest BCUT2D eigenvalue weighted by Crippen LogP contribution is 2.38. The van der Waals surface area contributed by atoms with Crippen LogP contribution in [-0.4, -0.2) is 43.1 Å². The molecule has 0 saturated heterocycles. The number of anilines is 2. The monoisotopic (exact) mass is 452 g/mol. The SMILES string of the molecule is COc1cc(CC(=O)Nc2ccc(Oc3cc(NC(C)=O)ncn3)cc2)cc(OC)c1OC. The van der Waals surface area contributed by atoms with Crippen molar-refractivity contribution in [2.24, 2.45) is 0 Å². The number of nitrogens with zero attached hydrogens (tertiary/aromatic N) is 2. The molecule has 2 N–H and O–H groups in total. The van der Waals surface area contributed by atoms with E-state index in [9.17, 15) is 9.59 Å². The van der Waals surface area contributed by atoms with Crippen molar-refractivity contribution in [2.75, 3.05) is 32.0 Å². The summed E-state index contributed by atoms with van der Waals surface area (Å²) in [4.78, 5) is 31.6. The van der Waals surface area contributed by atoms with Crippen LogP contribution in [0.1, 0.15) is 12.5 Å². The average Bonchev–Trinajstić information content (AvgIpc) is 2.79. The first kappa shape index (κ1) is 23.3. The minimum atomic E-state index is -0.244. The first-order valence-corrected chi connectivity index (χ1v) is 9.88. The van der Waals surface area contributed by atoms with Crippen molar-refractivity contribution < 1.29 is 28.5 Å². The highest BCUT2D eigenvalue weighted by molar-refractivity contribution is 5.92. The second kappa shape index (κ2) is 10.8. The maximum absolute atomic E-state index is 12.5. The normalized spacial score (nSPS) is 10.2. The number of amides is 2. The van der Waals surface area contributed by atoms with E-state index >= 15 is 0 Å². The molecule has 1 heterocycles. The lowest BCUT2D eigenvalue weighted by Crippen LogP contribution is -2.14. The molecule has 10 heteroatoms. The number of carbonyl (C=O) groups is 2. The third-order valence-electron chi connectivity index (χ3n) is 4.40. The maximum atomic E-state index is 12.5. The van der Waals surface area contributed by atoms with Crippen LogP contribution in [0.25, 0.3) is 0 Å². The number of hydrogen-bond donors (Lipinski definition) is 2. The number of nitrogens with one attached hydrogen (secondary N) is 2. The molecule has 1 aromatic heterocycles. The summed E-state index contributed by atoms with van der Waals surface area (Å²) in [5, 5.41) is 5.40. The van der Waals surface area contributed by atoms with Gasteiger partial charge in [0, 0.05) is 18.7 Å². The summed E-state index contributed by atoms with van der Waals surface area (Å²) < 4.78 is 21.6. The summed E-state index contributed by atoms with van der Waals surface area (Å²) in [6.07, 6.45) is 1.40. The van der Waals surface area contributed by atoms with Crippen LogP contribution in [-0.2, 0) is 16.0 Å². The van der Waals surface area contributed by atoms with Crippen LogP contribution >= 0.6 is 0 Å². The average molecular weight is 452 g/mol. The van der Waals surface area contributed by atoms with Gasteiger partial charge < -0.3 is 29.6 Å². The molecule has 0 radical (unpaired) electrons. The zero-order chi connectivity index (χ0) is 23.8. The van der Waals surface area contributed by atoms with E-state index in [4.69, 9.17) is 18.9 Å². The van der Waals surface area contributed by atoms with Gasteiger partial charge in [-0.2, -0.15) is 0 Å². The number of aromatic nitrogens is 2. The Morgan fingerprint density at radius 3 is 2.12 bits per heavy atom. The fourth-order valence-electron chi connectivity index (χ4n) is 3.00. The van der Waals surface area contributed by atoms with Crippen LogP contribution in [0.3, 0.4) is 0 Å². The second-order valence-corrected chi connectivity index (χ2v) is 6.81. The van der Waals surface area contributed by atoms with E-state index < -0.39 is 0 Å². The van der Waals surface area contributed by atoms with Gasteiger partial charge in [0.25, 0.3) is 0 Å². The molecule has 172 valence electrons. The van der Waals surface area contributed by atoms with E-state index in [1.807, 2.05) is 0 Å². The summed E-state index contributed by atoms with van der Waals surface area (Å²) in [5.74, 6) is 2.08. The number of hydrogen-bond acceptors (Lipinski definition) is 8. The molecule has 0 spiro atoms. The zero-order valence-corrected chi connectivity index (χ0v) is 18.7. The van der Waals surface area contributed by atoms with Crippen molar-refractivity contribution in [1.29, 1.82) is 0 Å². The molecule has 0 saturated carbocycles. The van der Waals surface area contributed by atoms with Crippen molar-refractivity contribution in [2.45, 2.75) is 13.3 Å². The molecule has 3 rings (SSSR count). The van der Waals surface area contributed by atoms with Gasteiger partial charge in [-0.25, -0.2) is 9.97 Å². The standard InChI is InChI=1S/C23H24N4O6/c1-14(28)26-20-12-22(25-13-24-20)33-17-7-5-16(6-8-17)27-21(29)11-15-9-18(30-2)23(32-4)19(10-15)31-3/h5-10,12-13H,11H2,1-4H3,(H,27,29)(H,24,25,26,28). The Morgan fingerprint density at radius 1 is 0.879 bits per heavy atom. The first-order valence-electron chi connectivity index (χ1n) is 9.88. The van der Waals surface area contributed by atoms with Gasteiger partial charge in [-0.05, 0) is 42.0 Å². The molecule has 10 nitrogen and oxygen atoms in total. The van der Waals surface area contributed by atoms with Gasteiger partial charge in [-0.15, -0.1) is 0 Å². The Morgan fingerprint density at radius 2 is 1.55 bits per heavy atom. The zero-order valence-electron chi connectivity index (χ0n) is 18.7. The Balaban J connectivity index is 1.63. The van der Waals surface area contributed by atoms with Crippen molar-refractivity contribution >= 4 is 23.3 Å².